The van der Waals surface area contributed by atoms with Crippen LogP contribution in [0.5, 0.6) is 0 Å². The number of carbonyl (C=O) groups is 1. The summed E-state index contributed by atoms with van der Waals surface area (Å²) < 4.78 is 5.69. The molecule has 1 amide bonds. The van der Waals surface area contributed by atoms with Crippen molar-refractivity contribution in [2.24, 2.45) is 5.73 Å². The summed E-state index contributed by atoms with van der Waals surface area (Å²) in [4.78, 5) is 24.5. The van der Waals surface area contributed by atoms with Gasteiger partial charge < -0.3 is 15.1 Å². The van der Waals surface area contributed by atoms with Gasteiger partial charge in [0.25, 0.3) is 6.01 Å². The second-order valence-corrected chi connectivity index (χ2v) is 7.88. The molecular formula is C23H29N5O2. The molecule has 5 rings (SSSR count). The topological polar surface area (TPSA) is 88.5 Å². The number of nitrogens with zero attached hydrogens (tertiary/aromatic N) is 4. The molecule has 2 aromatic heterocycles. The number of oxazole rings is 1. The van der Waals surface area contributed by atoms with Gasteiger partial charge in [-0.15, -0.1) is 0 Å². The number of nitrogens with two attached hydrogens (primary N) is 1. The molecular weight excluding hydrogens is 378 g/mol. The van der Waals surface area contributed by atoms with Gasteiger partial charge in [0.15, 0.2) is 5.58 Å². The Morgan fingerprint density at radius 2 is 1.80 bits per heavy atom. The molecule has 0 spiro atoms. The summed E-state index contributed by atoms with van der Waals surface area (Å²) in [5.41, 5.74) is 8.18. The number of primary amides is 1. The van der Waals surface area contributed by atoms with E-state index in [-0.39, 0.29) is 11.9 Å². The highest BCUT2D eigenvalue weighted by Crippen LogP contribution is 2.27. The minimum absolute atomic E-state index is 0.299. The van der Waals surface area contributed by atoms with Crippen molar-refractivity contribution in [1.29, 1.82) is 0 Å². The Bertz CT molecular complexity index is 919. The van der Waals surface area contributed by atoms with E-state index in [1.165, 1.54) is 31.6 Å². The number of likely N-dealkylation sites (tertiary alicyclic amines) is 1. The molecule has 7 heteroatoms. The Kier molecular flexibility index (Phi) is 6.59. The van der Waals surface area contributed by atoms with Crippen LogP contribution in [0.15, 0.2) is 53.1 Å². The molecule has 3 aromatic rings. The number of carbonyl (C=O) groups excluding carboxylic acids is 1. The number of piperidine rings is 1. The molecule has 0 bridgehead atoms. The van der Waals surface area contributed by atoms with E-state index in [0.717, 1.165) is 43.5 Å². The predicted octanol–water partition coefficient (Wildman–Crippen LogP) is 3.35. The number of hydrogen-bond donors (Lipinski definition) is 1. The van der Waals surface area contributed by atoms with Gasteiger partial charge >= 0.3 is 0 Å². The molecule has 2 aliphatic rings. The van der Waals surface area contributed by atoms with Crippen LogP contribution < -0.4 is 10.6 Å². The molecule has 2 N–H and O–H groups in total. The van der Waals surface area contributed by atoms with Crippen LogP contribution >= 0.6 is 0 Å². The molecule has 2 saturated heterocycles. The SMILES string of the molecule is NC(=O)C1CCCCN1c1nc2ccccc2o1.c1ccc(CN2CCCC2)nc1. The largest absolute Gasteiger partial charge is 0.423 e. The molecule has 1 atom stereocenters. The van der Waals surface area contributed by atoms with Gasteiger partial charge in [0.05, 0.1) is 5.69 Å². The van der Waals surface area contributed by atoms with Crippen molar-refractivity contribution < 1.29 is 9.21 Å². The average molecular weight is 408 g/mol. The number of fused-ring (bicyclic) bond motifs is 1. The Morgan fingerprint density at radius 1 is 1.03 bits per heavy atom. The maximum atomic E-state index is 11.5. The van der Waals surface area contributed by atoms with E-state index in [0.29, 0.717) is 6.01 Å². The average Bonchev–Trinajstić information content (AvgIpc) is 3.44. The van der Waals surface area contributed by atoms with Crippen molar-refractivity contribution in [3.63, 3.8) is 0 Å². The number of hydrogen-bond acceptors (Lipinski definition) is 6. The van der Waals surface area contributed by atoms with E-state index in [1.54, 1.807) is 0 Å². The molecule has 0 radical (unpaired) electrons. The molecule has 2 fully saturated rings. The molecule has 7 nitrogen and oxygen atoms in total. The predicted molar refractivity (Wildman–Crippen MR) is 117 cm³/mol. The van der Waals surface area contributed by atoms with E-state index in [9.17, 15) is 4.79 Å². The summed E-state index contributed by atoms with van der Waals surface area (Å²) in [5.74, 6) is -0.308. The fourth-order valence-corrected chi connectivity index (χ4v) is 4.10. The number of anilines is 1. The van der Waals surface area contributed by atoms with E-state index in [4.69, 9.17) is 10.2 Å². The van der Waals surface area contributed by atoms with Crippen LogP contribution in [0, 0.1) is 0 Å². The van der Waals surface area contributed by atoms with Gasteiger partial charge in [-0.1, -0.05) is 18.2 Å². The number of para-hydroxylation sites is 2. The number of benzene rings is 1. The monoisotopic (exact) mass is 407 g/mol. The van der Waals surface area contributed by atoms with E-state index in [1.807, 2.05) is 41.4 Å². The van der Waals surface area contributed by atoms with Crippen molar-refractivity contribution in [2.75, 3.05) is 24.5 Å². The summed E-state index contributed by atoms with van der Waals surface area (Å²) in [6, 6.07) is 13.9. The van der Waals surface area contributed by atoms with Gasteiger partial charge in [0.2, 0.25) is 5.91 Å². The van der Waals surface area contributed by atoms with Crippen LogP contribution in [-0.4, -0.2) is 46.5 Å². The fraction of sp³-hybridized carbons (Fsp3) is 0.435. The maximum absolute atomic E-state index is 11.5. The molecule has 1 aromatic carbocycles. The summed E-state index contributed by atoms with van der Waals surface area (Å²) in [5, 5.41) is 0. The van der Waals surface area contributed by atoms with Crippen molar-refractivity contribution in [1.82, 2.24) is 14.9 Å². The van der Waals surface area contributed by atoms with Crippen molar-refractivity contribution in [2.45, 2.75) is 44.7 Å². The van der Waals surface area contributed by atoms with Crippen LogP contribution in [0.4, 0.5) is 6.01 Å². The molecule has 158 valence electrons. The summed E-state index contributed by atoms with van der Waals surface area (Å²) in [7, 11) is 0. The second kappa shape index (κ2) is 9.71. The molecule has 30 heavy (non-hydrogen) atoms. The standard InChI is InChI=1S/C13H15N3O2.C10H14N2/c14-12(17)10-6-3-4-8-16(10)13-15-9-5-1-2-7-11(9)18-13;1-2-6-11-10(5-1)9-12-7-3-4-8-12/h1-2,5,7,10H,3-4,6,8H2,(H2,14,17);1-2,5-6H,3-4,7-9H2. The first-order chi connectivity index (χ1) is 14.7. The quantitative estimate of drug-likeness (QED) is 0.713. The molecule has 0 aliphatic carbocycles. The number of amides is 1. The lowest BCUT2D eigenvalue weighted by Crippen LogP contribution is -2.48. The summed E-state index contributed by atoms with van der Waals surface area (Å²) in [6.45, 7) is 4.29. The zero-order valence-corrected chi connectivity index (χ0v) is 17.2. The zero-order valence-electron chi connectivity index (χ0n) is 17.2. The molecule has 4 heterocycles. The lowest BCUT2D eigenvalue weighted by molar-refractivity contribution is -0.119. The fourth-order valence-electron chi connectivity index (χ4n) is 4.10. The number of rotatable bonds is 4. The maximum Gasteiger partial charge on any atom is 0.299 e. The van der Waals surface area contributed by atoms with Crippen molar-refractivity contribution in [3.05, 3.63) is 54.4 Å². The highest BCUT2D eigenvalue weighted by Gasteiger charge is 2.30. The van der Waals surface area contributed by atoms with Gasteiger partial charge in [0.1, 0.15) is 11.6 Å². The third-order valence-electron chi connectivity index (χ3n) is 5.67. The van der Waals surface area contributed by atoms with Gasteiger partial charge in [-0.3, -0.25) is 14.7 Å². The highest BCUT2D eigenvalue weighted by atomic mass is 16.4. The smallest absolute Gasteiger partial charge is 0.299 e. The van der Waals surface area contributed by atoms with E-state index in [2.05, 4.69) is 27.0 Å². The number of pyridine rings is 1. The van der Waals surface area contributed by atoms with Crippen molar-refractivity contribution >= 4 is 23.0 Å². The third kappa shape index (κ3) is 4.97. The van der Waals surface area contributed by atoms with Gasteiger partial charge in [-0.25, -0.2) is 0 Å². The van der Waals surface area contributed by atoms with Crippen LogP contribution in [0.3, 0.4) is 0 Å². The Hall–Kier alpha value is -2.93. The first-order valence-corrected chi connectivity index (χ1v) is 10.7. The summed E-state index contributed by atoms with van der Waals surface area (Å²) >= 11 is 0. The van der Waals surface area contributed by atoms with E-state index >= 15 is 0 Å². The Labute approximate surface area is 176 Å². The minimum Gasteiger partial charge on any atom is -0.423 e. The Balaban J connectivity index is 0.000000158. The molecule has 2 aliphatic heterocycles. The number of aromatic nitrogens is 2. The molecule has 1 unspecified atom stereocenters. The van der Waals surface area contributed by atoms with Crippen LogP contribution in [0.25, 0.3) is 11.1 Å². The first kappa shape index (κ1) is 20.3. The van der Waals surface area contributed by atoms with Crippen molar-refractivity contribution in [3.8, 4) is 0 Å². The summed E-state index contributed by atoms with van der Waals surface area (Å²) in [6.07, 6.45) is 7.39. The van der Waals surface area contributed by atoms with Crippen LogP contribution in [0.1, 0.15) is 37.8 Å². The minimum atomic E-state index is -0.308. The lowest BCUT2D eigenvalue weighted by Gasteiger charge is -2.32. The first-order valence-electron chi connectivity index (χ1n) is 10.7. The van der Waals surface area contributed by atoms with Crippen LogP contribution in [-0.2, 0) is 11.3 Å². The zero-order chi connectivity index (χ0) is 20.8. The molecule has 0 saturated carbocycles. The van der Waals surface area contributed by atoms with Gasteiger partial charge in [-0.05, 0) is 69.5 Å². The van der Waals surface area contributed by atoms with Gasteiger partial charge in [-0.2, -0.15) is 4.98 Å². The van der Waals surface area contributed by atoms with Gasteiger partial charge in [0, 0.05) is 19.3 Å². The van der Waals surface area contributed by atoms with Crippen LogP contribution in [0.2, 0.25) is 0 Å². The lowest BCUT2D eigenvalue weighted by atomic mass is 10.0. The Morgan fingerprint density at radius 3 is 2.53 bits per heavy atom. The van der Waals surface area contributed by atoms with E-state index < -0.39 is 0 Å². The highest BCUT2D eigenvalue weighted by molar-refractivity contribution is 5.84. The normalized spacial score (nSPS) is 19.5. The third-order valence-corrected chi connectivity index (χ3v) is 5.67. The second-order valence-electron chi connectivity index (χ2n) is 7.88.